The van der Waals surface area contributed by atoms with E-state index in [1.807, 2.05) is 30.0 Å². The van der Waals surface area contributed by atoms with Gasteiger partial charge >= 0.3 is 0 Å². The van der Waals surface area contributed by atoms with Crippen LogP contribution in [0.15, 0.2) is 23.2 Å². The van der Waals surface area contributed by atoms with E-state index in [9.17, 15) is 0 Å². The number of ether oxygens (including phenoxy) is 1. The molecule has 1 aliphatic rings. The van der Waals surface area contributed by atoms with E-state index in [0.29, 0.717) is 18.5 Å². The molecule has 7 heteroatoms. The molecule has 1 fully saturated rings. The summed E-state index contributed by atoms with van der Waals surface area (Å²) in [6, 6.07) is 6.28. The first-order valence-corrected chi connectivity index (χ1v) is 9.11. The van der Waals surface area contributed by atoms with Crippen molar-refractivity contribution in [2.75, 3.05) is 19.9 Å². The van der Waals surface area contributed by atoms with Gasteiger partial charge in [0.25, 0.3) is 0 Å². The second kappa shape index (κ2) is 11.0. The van der Waals surface area contributed by atoms with Crippen molar-refractivity contribution in [2.45, 2.75) is 44.0 Å². The van der Waals surface area contributed by atoms with E-state index in [2.05, 4.69) is 33.8 Å². The maximum atomic E-state index is 5.15. The largest absolute Gasteiger partial charge is 0.481 e. The molecule has 1 aromatic heterocycles. The number of pyridine rings is 1. The quantitative estimate of drug-likeness (QED) is 0.397. The number of aromatic nitrogens is 1. The van der Waals surface area contributed by atoms with Gasteiger partial charge in [-0.3, -0.25) is 0 Å². The fourth-order valence-electron chi connectivity index (χ4n) is 2.62. The molecule has 0 aliphatic heterocycles. The summed E-state index contributed by atoms with van der Waals surface area (Å²) in [6.07, 6.45) is 5.91. The average Bonchev–Trinajstić information content (AvgIpc) is 3.00. The number of rotatable bonds is 6. The third kappa shape index (κ3) is 6.74. The summed E-state index contributed by atoms with van der Waals surface area (Å²) in [6.45, 7) is 3.49. The van der Waals surface area contributed by atoms with Crippen LogP contribution >= 0.6 is 35.7 Å². The molecule has 1 heterocycles. The first-order valence-electron chi connectivity index (χ1n) is 7.82. The van der Waals surface area contributed by atoms with Gasteiger partial charge in [-0.15, -0.1) is 24.0 Å². The Kier molecular flexibility index (Phi) is 9.69. The molecule has 0 aromatic carbocycles. The van der Waals surface area contributed by atoms with E-state index in [1.54, 1.807) is 7.11 Å². The second-order valence-corrected chi connectivity index (χ2v) is 6.52. The van der Waals surface area contributed by atoms with Gasteiger partial charge in [-0.05, 0) is 38.5 Å². The highest BCUT2D eigenvalue weighted by Gasteiger charge is 2.24. The maximum Gasteiger partial charge on any atom is 0.213 e. The third-order valence-electron chi connectivity index (χ3n) is 3.79. The molecule has 2 unspecified atom stereocenters. The average molecular weight is 450 g/mol. The minimum Gasteiger partial charge on any atom is -0.481 e. The summed E-state index contributed by atoms with van der Waals surface area (Å²) >= 11 is 1.97. The lowest BCUT2D eigenvalue weighted by Gasteiger charge is -2.17. The topological polar surface area (TPSA) is 58.5 Å². The zero-order chi connectivity index (χ0) is 15.8. The molecule has 23 heavy (non-hydrogen) atoms. The summed E-state index contributed by atoms with van der Waals surface area (Å²) in [7, 11) is 1.63. The Hall–Kier alpha value is -0.700. The van der Waals surface area contributed by atoms with Crippen LogP contribution < -0.4 is 15.4 Å². The lowest BCUT2D eigenvalue weighted by molar-refractivity contribution is 0.396. The van der Waals surface area contributed by atoms with E-state index < -0.39 is 0 Å². The van der Waals surface area contributed by atoms with Gasteiger partial charge in [0.05, 0.1) is 19.3 Å². The maximum absolute atomic E-state index is 5.15. The summed E-state index contributed by atoms with van der Waals surface area (Å²) in [4.78, 5) is 9.04. The molecule has 130 valence electrons. The highest BCUT2D eigenvalue weighted by molar-refractivity contribution is 14.0. The Balaban J connectivity index is 0.00000264. The van der Waals surface area contributed by atoms with Crippen molar-refractivity contribution in [1.82, 2.24) is 15.6 Å². The summed E-state index contributed by atoms with van der Waals surface area (Å²) in [5.74, 6) is 1.50. The Labute approximate surface area is 160 Å². The van der Waals surface area contributed by atoms with E-state index in [1.165, 1.54) is 19.3 Å². The fraction of sp³-hybridized carbons (Fsp3) is 0.625. The fourth-order valence-corrected chi connectivity index (χ4v) is 3.41. The van der Waals surface area contributed by atoms with Crippen molar-refractivity contribution in [1.29, 1.82) is 0 Å². The van der Waals surface area contributed by atoms with Crippen LogP contribution in [0, 0.1) is 0 Å². The van der Waals surface area contributed by atoms with Gasteiger partial charge in [0.15, 0.2) is 5.96 Å². The number of guanidine groups is 1. The van der Waals surface area contributed by atoms with Crippen LogP contribution in [0.4, 0.5) is 0 Å². The van der Waals surface area contributed by atoms with Crippen molar-refractivity contribution in [3.63, 3.8) is 0 Å². The standard InChI is InChI=1S/C16H26N4OS.HI/c1-4-17-16(20-12-8-9-14(10-12)22-3)18-11-13-6-5-7-15(19-13)21-2;/h5-7,12,14H,4,8-11H2,1-3H3,(H2,17,18,20);1H. The smallest absolute Gasteiger partial charge is 0.213 e. The number of methoxy groups -OCH3 is 1. The van der Waals surface area contributed by atoms with Crippen molar-refractivity contribution >= 4 is 41.7 Å². The predicted octanol–water partition coefficient (Wildman–Crippen LogP) is 3.05. The molecule has 2 atom stereocenters. The van der Waals surface area contributed by atoms with Gasteiger partial charge in [-0.1, -0.05) is 6.07 Å². The van der Waals surface area contributed by atoms with Gasteiger partial charge in [0.1, 0.15) is 0 Å². The molecule has 1 aromatic rings. The van der Waals surface area contributed by atoms with Crippen molar-refractivity contribution in [3.8, 4) is 5.88 Å². The lowest BCUT2D eigenvalue weighted by Crippen LogP contribution is -2.42. The van der Waals surface area contributed by atoms with Crippen LogP contribution in [0.1, 0.15) is 31.9 Å². The molecule has 1 saturated carbocycles. The van der Waals surface area contributed by atoms with Crippen LogP contribution in [0.5, 0.6) is 5.88 Å². The van der Waals surface area contributed by atoms with Crippen molar-refractivity contribution < 1.29 is 4.74 Å². The molecular formula is C16H27IN4OS. The van der Waals surface area contributed by atoms with Crippen LogP contribution in [0.25, 0.3) is 0 Å². The van der Waals surface area contributed by atoms with E-state index in [0.717, 1.165) is 23.4 Å². The van der Waals surface area contributed by atoms with Crippen LogP contribution in [0.3, 0.4) is 0 Å². The third-order valence-corrected chi connectivity index (χ3v) is 4.89. The highest BCUT2D eigenvalue weighted by Crippen LogP contribution is 2.28. The van der Waals surface area contributed by atoms with E-state index in [-0.39, 0.29) is 24.0 Å². The number of nitrogens with one attached hydrogen (secondary N) is 2. The van der Waals surface area contributed by atoms with Gasteiger partial charge in [-0.25, -0.2) is 9.98 Å². The number of nitrogens with zero attached hydrogens (tertiary/aromatic N) is 2. The molecule has 0 amide bonds. The van der Waals surface area contributed by atoms with Crippen LogP contribution in [0.2, 0.25) is 0 Å². The van der Waals surface area contributed by atoms with Crippen LogP contribution in [-0.2, 0) is 6.54 Å². The number of halogens is 1. The molecule has 2 rings (SSSR count). The van der Waals surface area contributed by atoms with E-state index in [4.69, 9.17) is 4.74 Å². The number of thioether (sulfide) groups is 1. The Morgan fingerprint density at radius 3 is 2.91 bits per heavy atom. The lowest BCUT2D eigenvalue weighted by atomic mass is 10.2. The molecule has 0 bridgehead atoms. The number of hydrogen-bond donors (Lipinski definition) is 2. The SMILES string of the molecule is CCNC(=NCc1cccc(OC)n1)NC1CCC(SC)C1.I. The minimum absolute atomic E-state index is 0. The number of hydrogen-bond acceptors (Lipinski definition) is 4. The summed E-state index contributed by atoms with van der Waals surface area (Å²) in [5.41, 5.74) is 0.907. The monoisotopic (exact) mass is 450 g/mol. The normalized spacial score (nSPS) is 20.7. The molecule has 0 spiro atoms. The van der Waals surface area contributed by atoms with Gasteiger partial charge in [0.2, 0.25) is 5.88 Å². The Morgan fingerprint density at radius 1 is 1.43 bits per heavy atom. The summed E-state index contributed by atoms with van der Waals surface area (Å²) < 4.78 is 5.15. The van der Waals surface area contributed by atoms with Crippen LogP contribution in [-0.4, -0.2) is 42.1 Å². The second-order valence-electron chi connectivity index (χ2n) is 5.38. The molecule has 0 saturated heterocycles. The minimum atomic E-state index is 0. The molecular weight excluding hydrogens is 423 g/mol. The van der Waals surface area contributed by atoms with E-state index >= 15 is 0 Å². The Bertz CT molecular complexity index is 501. The van der Waals surface area contributed by atoms with Crippen molar-refractivity contribution in [2.24, 2.45) is 4.99 Å². The molecule has 5 nitrogen and oxygen atoms in total. The van der Waals surface area contributed by atoms with Crippen molar-refractivity contribution in [3.05, 3.63) is 23.9 Å². The van der Waals surface area contributed by atoms with Gasteiger partial charge < -0.3 is 15.4 Å². The predicted molar refractivity (Wildman–Crippen MR) is 109 cm³/mol. The Morgan fingerprint density at radius 2 is 2.26 bits per heavy atom. The highest BCUT2D eigenvalue weighted by atomic mass is 127. The van der Waals surface area contributed by atoms with Gasteiger partial charge in [0, 0.05) is 23.9 Å². The first kappa shape index (κ1) is 20.3. The molecule has 2 N–H and O–H groups in total. The number of aliphatic imine (C=N–C) groups is 1. The first-order chi connectivity index (χ1) is 10.7. The molecule has 1 aliphatic carbocycles. The van der Waals surface area contributed by atoms with Gasteiger partial charge in [-0.2, -0.15) is 11.8 Å². The zero-order valence-corrected chi connectivity index (χ0v) is 17.2. The molecule has 0 radical (unpaired) electrons. The summed E-state index contributed by atoms with van der Waals surface area (Å²) in [5, 5.41) is 7.64. The zero-order valence-electron chi connectivity index (χ0n) is 14.0.